The lowest BCUT2D eigenvalue weighted by atomic mass is 10.2. The molecule has 6 nitrogen and oxygen atoms in total. The minimum absolute atomic E-state index is 0.0309. The summed E-state index contributed by atoms with van der Waals surface area (Å²) in [7, 11) is -4.62. The average Bonchev–Trinajstić information content (AvgIpc) is 3.44. The molecule has 0 N–H and O–H groups in total. The number of halogens is 3. The van der Waals surface area contributed by atoms with E-state index in [-0.39, 0.29) is 11.9 Å². The monoisotopic (exact) mass is 483 g/mol. The van der Waals surface area contributed by atoms with Crippen LogP contribution in [0.2, 0.25) is 0 Å². The molecular weight excluding hydrogens is 463 g/mol. The Morgan fingerprint density at radius 2 is 1.81 bits per heavy atom. The fourth-order valence-electron chi connectivity index (χ4n) is 3.39. The molecule has 1 aliphatic rings. The van der Waals surface area contributed by atoms with E-state index in [2.05, 4.69) is 10.2 Å². The number of aromatic nitrogens is 3. The molecule has 3 aromatic rings. The zero-order valence-corrected chi connectivity index (χ0v) is 18.5. The number of alkyl halides is 2. The first-order valence-corrected chi connectivity index (χ1v) is 12.4. The second kappa shape index (κ2) is 9.63. The van der Waals surface area contributed by atoms with E-state index in [9.17, 15) is 21.6 Å². The van der Waals surface area contributed by atoms with Gasteiger partial charge in [-0.3, -0.25) is 4.57 Å². The van der Waals surface area contributed by atoms with Crippen molar-refractivity contribution < 1.29 is 26.3 Å². The van der Waals surface area contributed by atoms with Gasteiger partial charge in [0.2, 0.25) is 9.84 Å². The fraction of sp³-hybridized carbons (Fsp3) is 0.333. The van der Waals surface area contributed by atoms with Crippen LogP contribution in [-0.4, -0.2) is 41.7 Å². The lowest BCUT2D eigenvalue weighted by Crippen LogP contribution is -2.16. The molecule has 32 heavy (non-hydrogen) atoms. The number of benzene rings is 2. The molecule has 2 aromatic carbocycles. The molecule has 1 unspecified atom stereocenters. The van der Waals surface area contributed by atoms with Gasteiger partial charge >= 0.3 is 5.76 Å². The Balaban J connectivity index is 1.54. The van der Waals surface area contributed by atoms with E-state index >= 15 is 0 Å². The van der Waals surface area contributed by atoms with Gasteiger partial charge in [0.05, 0.1) is 17.5 Å². The Morgan fingerprint density at radius 3 is 2.44 bits per heavy atom. The number of ether oxygens (including phenoxy) is 1. The summed E-state index contributed by atoms with van der Waals surface area (Å²) < 4.78 is 69.6. The predicted molar refractivity (Wildman–Crippen MR) is 114 cm³/mol. The molecule has 0 amide bonds. The summed E-state index contributed by atoms with van der Waals surface area (Å²) in [5, 5.41) is 9.20. The highest BCUT2D eigenvalue weighted by Gasteiger charge is 2.26. The third-order valence-electron chi connectivity index (χ3n) is 5.08. The third-order valence-corrected chi connectivity index (χ3v) is 7.52. The van der Waals surface area contributed by atoms with Crippen molar-refractivity contribution >= 4 is 21.6 Å². The number of sulfone groups is 1. The Kier molecular flexibility index (Phi) is 6.87. The predicted octanol–water partition coefficient (Wildman–Crippen LogP) is 4.55. The van der Waals surface area contributed by atoms with Crippen molar-refractivity contribution in [3.63, 3.8) is 0 Å². The minimum atomic E-state index is -4.62. The van der Waals surface area contributed by atoms with Gasteiger partial charge in [0, 0.05) is 17.9 Å². The standard InChI is InChI=1S/C21H20F3N3O3S2/c22-16-7-5-15(6-8-16)19-25-26-21(27(19)12-17-2-1-11-30-17)31-13-14-3-9-18(10-4-14)32(28,29)20(23)24/h3-10,17,20H,1-2,11-13H2. The zero-order valence-electron chi connectivity index (χ0n) is 16.8. The molecular formula is C21H20F3N3O3S2. The largest absolute Gasteiger partial charge is 0.376 e. The first-order chi connectivity index (χ1) is 15.3. The summed E-state index contributed by atoms with van der Waals surface area (Å²) in [5.41, 5.74) is 1.48. The number of thioether (sulfide) groups is 1. The Morgan fingerprint density at radius 1 is 1.09 bits per heavy atom. The molecule has 0 bridgehead atoms. The van der Waals surface area contributed by atoms with Crippen molar-refractivity contribution in [3.8, 4) is 11.4 Å². The molecule has 11 heteroatoms. The quantitative estimate of drug-likeness (QED) is 0.438. The molecule has 170 valence electrons. The Bertz CT molecular complexity index is 1160. The fourth-order valence-corrected chi connectivity index (χ4v) is 5.02. The molecule has 0 aliphatic carbocycles. The molecule has 1 atom stereocenters. The topological polar surface area (TPSA) is 74.1 Å². The lowest BCUT2D eigenvalue weighted by molar-refractivity contribution is 0.0953. The maximum absolute atomic E-state index is 13.3. The number of hydrogen-bond donors (Lipinski definition) is 0. The summed E-state index contributed by atoms with van der Waals surface area (Å²) in [6.45, 7) is 1.25. The van der Waals surface area contributed by atoms with Gasteiger partial charge in [-0.1, -0.05) is 23.9 Å². The van der Waals surface area contributed by atoms with Crippen LogP contribution >= 0.6 is 11.8 Å². The van der Waals surface area contributed by atoms with Crippen LogP contribution in [0.25, 0.3) is 11.4 Å². The SMILES string of the molecule is O=S(=O)(c1ccc(CSc2nnc(-c3ccc(F)cc3)n2CC2CCCO2)cc1)C(F)F. The van der Waals surface area contributed by atoms with Gasteiger partial charge in [0.1, 0.15) is 5.82 Å². The first kappa shape index (κ1) is 22.8. The van der Waals surface area contributed by atoms with Crippen LogP contribution in [0.15, 0.2) is 58.6 Å². The van der Waals surface area contributed by atoms with Gasteiger partial charge in [-0.15, -0.1) is 10.2 Å². The van der Waals surface area contributed by atoms with Gasteiger partial charge in [-0.05, 0) is 54.8 Å². The van der Waals surface area contributed by atoms with Crippen LogP contribution in [0, 0.1) is 5.82 Å². The maximum Gasteiger partial charge on any atom is 0.341 e. The molecule has 0 spiro atoms. The third kappa shape index (κ3) is 5.00. The van der Waals surface area contributed by atoms with Gasteiger partial charge < -0.3 is 4.74 Å². The summed E-state index contributed by atoms with van der Waals surface area (Å²) in [6.07, 6.45) is 1.93. The summed E-state index contributed by atoms with van der Waals surface area (Å²) >= 11 is 1.38. The highest BCUT2D eigenvalue weighted by molar-refractivity contribution is 7.98. The first-order valence-electron chi connectivity index (χ1n) is 9.89. The molecule has 2 heterocycles. The number of rotatable bonds is 8. The van der Waals surface area contributed by atoms with Crippen molar-refractivity contribution in [2.75, 3.05) is 6.61 Å². The molecule has 0 radical (unpaired) electrons. The van der Waals surface area contributed by atoms with Crippen LogP contribution in [0.5, 0.6) is 0 Å². The van der Waals surface area contributed by atoms with Crippen molar-refractivity contribution in [2.45, 2.75) is 47.1 Å². The van der Waals surface area contributed by atoms with E-state index in [0.717, 1.165) is 24.0 Å². The average molecular weight is 484 g/mol. The Hall–Kier alpha value is -2.37. The lowest BCUT2D eigenvalue weighted by Gasteiger charge is -2.15. The molecule has 4 rings (SSSR count). The van der Waals surface area contributed by atoms with E-state index in [1.807, 2.05) is 4.57 Å². The Labute approximate surface area is 187 Å². The molecule has 1 aliphatic heterocycles. The van der Waals surface area contributed by atoms with Crippen LogP contribution in [0.4, 0.5) is 13.2 Å². The van der Waals surface area contributed by atoms with E-state index < -0.39 is 20.5 Å². The van der Waals surface area contributed by atoms with Crippen LogP contribution in [0.3, 0.4) is 0 Å². The van der Waals surface area contributed by atoms with Crippen LogP contribution < -0.4 is 0 Å². The normalized spacial score (nSPS) is 16.7. The van der Waals surface area contributed by atoms with Crippen molar-refractivity contribution in [1.29, 1.82) is 0 Å². The van der Waals surface area contributed by atoms with Crippen molar-refractivity contribution in [2.24, 2.45) is 0 Å². The molecule has 0 saturated carbocycles. The van der Waals surface area contributed by atoms with Crippen LogP contribution in [0.1, 0.15) is 18.4 Å². The minimum Gasteiger partial charge on any atom is -0.376 e. The summed E-state index contributed by atoms with van der Waals surface area (Å²) in [6, 6.07) is 11.4. The van der Waals surface area contributed by atoms with Crippen molar-refractivity contribution in [1.82, 2.24) is 14.8 Å². The summed E-state index contributed by atoms with van der Waals surface area (Å²) in [4.78, 5) is -0.415. The van der Waals surface area contributed by atoms with Gasteiger partial charge in [0.15, 0.2) is 11.0 Å². The molecule has 1 fully saturated rings. The van der Waals surface area contributed by atoms with E-state index in [1.165, 1.54) is 48.2 Å². The molecule has 1 saturated heterocycles. The highest BCUT2D eigenvalue weighted by atomic mass is 32.2. The van der Waals surface area contributed by atoms with Gasteiger partial charge in [0.25, 0.3) is 0 Å². The van der Waals surface area contributed by atoms with E-state index in [1.54, 1.807) is 12.1 Å². The van der Waals surface area contributed by atoms with Gasteiger partial charge in [-0.2, -0.15) is 8.78 Å². The second-order valence-corrected chi connectivity index (χ2v) is 10.2. The smallest absolute Gasteiger partial charge is 0.341 e. The van der Waals surface area contributed by atoms with Crippen LogP contribution in [-0.2, 0) is 26.9 Å². The highest BCUT2D eigenvalue weighted by Crippen LogP contribution is 2.29. The van der Waals surface area contributed by atoms with E-state index in [4.69, 9.17) is 4.74 Å². The van der Waals surface area contributed by atoms with Gasteiger partial charge in [-0.25, -0.2) is 12.8 Å². The maximum atomic E-state index is 13.3. The number of nitrogens with zero attached hydrogens (tertiary/aromatic N) is 3. The summed E-state index contributed by atoms with van der Waals surface area (Å²) in [5.74, 6) is -2.77. The zero-order chi connectivity index (χ0) is 22.7. The van der Waals surface area contributed by atoms with E-state index in [0.29, 0.717) is 29.9 Å². The molecule has 1 aromatic heterocycles. The van der Waals surface area contributed by atoms with Crippen molar-refractivity contribution in [3.05, 3.63) is 59.9 Å². The second-order valence-electron chi connectivity index (χ2n) is 7.30. The number of hydrogen-bond acceptors (Lipinski definition) is 6.